The second-order valence-electron chi connectivity index (χ2n) is 16.0. The van der Waals surface area contributed by atoms with Crippen LogP contribution in [0.1, 0.15) is 252 Å². The van der Waals surface area contributed by atoms with Crippen LogP contribution in [0.4, 0.5) is 0 Å². The summed E-state index contributed by atoms with van der Waals surface area (Å²) in [6, 6.07) is 0. The van der Waals surface area contributed by atoms with E-state index in [-0.39, 0.29) is 31.1 Å². The van der Waals surface area contributed by atoms with E-state index in [2.05, 4.69) is 45.1 Å². The van der Waals surface area contributed by atoms with Gasteiger partial charge >= 0.3 is 17.9 Å². The van der Waals surface area contributed by atoms with E-state index >= 15 is 0 Å². The number of carbonyl (C=O) groups excluding carboxylic acids is 3. The van der Waals surface area contributed by atoms with Crippen LogP contribution >= 0.6 is 0 Å². The Morgan fingerprint density at radius 1 is 0.364 bits per heavy atom. The zero-order valence-corrected chi connectivity index (χ0v) is 36.7. The van der Waals surface area contributed by atoms with Crippen molar-refractivity contribution in [3.63, 3.8) is 0 Å². The molecule has 0 aliphatic heterocycles. The monoisotopic (exact) mass is 775 g/mol. The summed E-state index contributed by atoms with van der Waals surface area (Å²) in [5.74, 6) is -0.895. The summed E-state index contributed by atoms with van der Waals surface area (Å²) in [5.41, 5.74) is 0. The number of carbonyl (C=O) groups is 3. The molecule has 0 heterocycles. The van der Waals surface area contributed by atoms with Crippen molar-refractivity contribution in [2.45, 2.75) is 258 Å². The molecule has 0 aromatic carbocycles. The van der Waals surface area contributed by atoms with Crippen LogP contribution in [0, 0.1) is 0 Å². The third kappa shape index (κ3) is 42.9. The molecule has 1 atom stereocenters. The highest BCUT2D eigenvalue weighted by atomic mass is 16.6. The van der Waals surface area contributed by atoms with Gasteiger partial charge in [-0.05, 0) is 44.9 Å². The molecule has 0 bridgehead atoms. The van der Waals surface area contributed by atoms with E-state index in [0.717, 1.165) is 96.3 Å². The number of hydrogen-bond acceptors (Lipinski definition) is 6. The summed E-state index contributed by atoms with van der Waals surface area (Å²) >= 11 is 0. The van der Waals surface area contributed by atoms with E-state index in [4.69, 9.17) is 14.2 Å². The van der Waals surface area contributed by atoms with Gasteiger partial charge in [0.15, 0.2) is 6.10 Å². The maximum atomic E-state index is 12.7. The number of allylic oxidation sites excluding steroid dienone is 4. The first-order valence-corrected chi connectivity index (χ1v) is 23.8. The molecule has 1 unspecified atom stereocenters. The van der Waals surface area contributed by atoms with Gasteiger partial charge < -0.3 is 14.2 Å². The fraction of sp³-hybridized carbons (Fsp3) is 0.857. The third-order valence-corrected chi connectivity index (χ3v) is 10.4. The van der Waals surface area contributed by atoms with Crippen LogP contribution in [0.15, 0.2) is 24.3 Å². The normalized spacial score (nSPS) is 12.1. The molecule has 0 aromatic heterocycles. The molecular formula is C49H90O6. The fourth-order valence-electron chi connectivity index (χ4n) is 6.83. The first-order valence-electron chi connectivity index (χ1n) is 23.8. The van der Waals surface area contributed by atoms with Gasteiger partial charge in [-0.15, -0.1) is 0 Å². The standard InChI is InChI=1S/C49H90O6/c1-4-7-10-13-15-17-19-21-22-23-24-25-26-28-29-31-33-36-39-42-48(51)54-45-46(44-53-47(50)41-38-35-12-9-6-3)55-49(52)43-40-37-34-32-30-27-20-18-16-14-11-8-5-2/h11,14,18,20,46H,4-10,12-13,15-17,19,21-45H2,1-3H3/b14-11-,20-18-. The van der Waals surface area contributed by atoms with E-state index in [1.165, 1.54) is 116 Å². The molecule has 55 heavy (non-hydrogen) atoms. The molecule has 0 amide bonds. The average Bonchev–Trinajstić information content (AvgIpc) is 3.18. The van der Waals surface area contributed by atoms with Crippen LogP contribution < -0.4 is 0 Å². The predicted octanol–water partition coefficient (Wildman–Crippen LogP) is 15.2. The van der Waals surface area contributed by atoms with Crippen molar-refractivity contribution in [2.24, 2.45) is 0 Å². The molecule has 0 fully saturated rings. The molecule has 0 aliphatic rings. The van der Waals surface area contributed by atoms with Crippen molar-refractivity contribution in [3.8, 4) is 0 Å². The summed E-state index contributed by atoms with van der Waals surface area (Å²) in [7, 11) is 0. The van der Waals surface area contributed by atoms with Gasteiger partial charge in [0.2, 0.25) is 0 Å². The molecule has 0 aliphatic carbocycles. The Morgan fingerprint density at radius 3 is 1.07 bits per heavy atom. The van der Waals surface area contributed by atoms with Gasteiger partial charge in [-0.25, -0.2) is 0 Å². The molecule has 0 saturated carbocycles. The van der Waals surface area contributed by atoms with Crippen LogP contribution in [-0.2, 0) is 28.6 Å². The minimum absolute atomic E-state index is 0.0740. The largest absolute Gasteiger partial charge is 0.462 e. The Kier molecular flexibility index (Phi) is 42.9. The molecular weight excluding hydrogens is 685 g/mol. The van der Waals surface area contributed by atoms with E-state index in [1.54, 1.807) is 0 Å². The Hall–Kier alpha value is -2.11. The van der Waals surface area contributed by atoms with Crippen LogP contribution in [0.25, 0.3) is 0 Å². The zero-order valence-electron chi connectivity index (χ0n) is 36.7. The van der Waals surface area contributed by atoms with Crippen LogP contribution in [-0.4, -0.2) is 37.2 Å². The highest BCUT2D eigenvalue weighted by Crippen LogP contribution is 2.16. The van der Waals surface area contributed by atoms with E-state index in [9.17, 15) is 14.4 Å². The topological polar surface area (TPSA) is 78.9 Å². The second kappa shape index (κ2) is 44.6. The van der Waals surface area contributed by atoms with Crippen molar-refractivity contribution in [3.05, 3.63) is 24.3 Å². The Bertz CT molecular complexity index is 896. The number of ether oxygens (including phenoxy) is 3. The number of hydrogen-bond donors (Lipinski definition) is 0. The van der Waals surface area contributed by atoms with Crippen molar-refractivity contribution in [1.82, 2.24) is 0 Å². The summed E-state index contributed by atoms with van der Waals surface area (Å²) in [4.78, 5) is 37.5. The van der Waals surface area contributed by atoms with Gasteiger partial charge in [0.05, 0.1) is 0 Å². The Labute approximate surface area is 341 Å². The fourth-order valence-corrected chi connectivity index (χ4v) is 6.83. The van der Waals surface area contributed by atoms with E-state index in [0.29, 0.717) is 19.3 Å². The minimum atomic E-state index is -0.769. The van der Waals surface area contributed by atoms with Crippen molar-refractivity contribution < 1.29 is 28.6 Å². The number of rotatable bonds is 43. The molecule has 322 valence electrons. The molecule has 0 spiro atoms. The lowest BCUT2D eigenvalue weighted by Gasteiger charge is -2.18. The van der Waals surface area contributed by atoms with Crippen molar-refractivity contribution in [2.75, 3.05) is 13.2 Å². The molecule has 0 N–H and O–H groups in total. The van der Waals surface area contributed by atoms with Gasteiger partial charge in [-0.3, -0.25) is 14.4 Å². The SMILES string of the molecule is CCC/C=C\C/C=C\CCCCCCCC(=O)OC(COC(=O)CCCCCCC)COC(=O)CCCCCCCCCCCCCCCCCCCCC. The highest BCUT2D eigenvalue weighted by Gasteiger charge is 2.19. The van der Waals surface area contributed by atoms with Gasteiger partial charge in [0.1, 0.15) is 13.2 Å². The van der Waals surface area contributed by atoms with E-state index < -0.39 is 6.10 Å². The molecule has 6 nitrogen and oxygen atoms in total. The third-order valence-electron chi connectivity index (χ3n) is 10.4. The lowest BCUT2D eigenvalue weighted by atomic mass is 10.0. The van der Waals surface area contributed by atoms with Gasteiger partial charge in [0, 0.05) is 19.3 Å². The van der Waals surface area contributed by atoms with Crippen molar-refractivity contribution in [1.29, 1.82) is 0 Å². The van der Waals surface area contributed by atoms with E-state index in [1.807, 2.05) is 0 Å². The summed E-state index contributed by atoms with van der Waals surface area (Å²) < 4.78 is 16.6. The van der Waals surface area contributed by atoms with Crippen LogP contribution in [0.3, 0.4) is 0 Å². The van der Waals surface area contributed by atoms with Crippen molar-refractivity contribution >= 4 is 17.9 Å². The summed E-state index contributed by atoms with van der Waals surface area (Å²) in [6.07, 6.45) is 49.1. The lowest BCUT2D eigenvalue weighted by molar-refractivity contribution is -0.167. The summed E-state index contributed by atoms with van der Waals surface area (Å²) in [5, 5.41) is 0. The molecule has 0 radical (unpaired) electrons. The zero-order chi connectivity index (χ0) is 40.1. The second-order valence-corrected chi connectivity index (χ2v) is 16.0. The number of unbranched alkanes of at least 4 members (excludes halogenated alkanes) is 28. The molecule has 0 saturated heterocycles. The van der Waals surface area contributed by atoms with Gasteiger partial charge in [0.25, 0.3) is 0 Å². The lowest BCUT2D eigenvalue weighted by Crippen LogP contribution is -2.30. The maximum Gasteiger partial charge on any atom is 0.306 e. The average molecular weight is 775 g/mol. The first kappa shape index (κ1) is 52.9. The molecule has 6 heteroatoms. The van der Waals surface area contributed by atoms with Gasteiger partial charge in [-0.1, -0.05) is 212 Å². The summed E-state index contributed by atoms with van der Waals surface area (Å²) in [6.45, 7) is 6.49. The van der Waals surface area contributed by atoms with Crippen LogP contribution in [0.5, 0.6) is 0 Å². The number of esters is 3. The highest BCUT2D eigenvalue weighted by molar-refractivity contribution is 5.71. The van der Waals surface area contributed by atoms with Crippen LogP contribution in [0.2, 0.25) is 0 Å². The smallest absolute Gasteiger partial charge is 0.306 e. The first-order chi connectivity index (χ1) is 27.0. The molecule has 0 rings (SSSR count). The Balaban J connectivity index is 4.14. The van der Waals surface area contributed by atoms with Gasteiger partial charge in [-0.2, -0.15) is 0 Å². The predicted molar refractivity (Wildman–Crippen MR) is 233 cm³/mol. The minimum Gasteiger partial charge on any atom is -0.462 e. The maximum absolute atomic E-state index is 12.7. The quantitative estimate of drug-likeness (QED) is 0.0266. The molecule has 0 aromatic rings. The Morgan fingerprint density at radius 2 is 0.691 bits per heavy atom.